The highest BCUT2D eigenvalue weighted by atomic mass is 32.1. The van der Waals surface area contributed by atoms with Gasteiger partial charge in [-0.05, 0) is 5.41 Å². The van der Waals surface area contributed by atoms with Crippen LogP contribution in [-0.2, 0) is 0 Å². The molecule has 7 heteroatoms. The normalized spacial score (nSPS) is 16.9. The van der Waals surface area contributed by atoms with Crippen molar-refractivity contribution in [3.05, 3.63) is 0 Å². The predicted octanol–water partition coefficient (Wildman–Crippen LogP) is 3.03. The lowest BCUT2D eigenvalue weighted by atomic mass is 9.83. The molecule has 0 aromatic rings. The summed E-state index contributed by atoms with van der Waals surface area (Å²) in [4.78, 5) is 0. The van der Waals surface area contributed by atoms with E-state index in [0.717, 1.165) is 0 Å². The van der Waals surface area contributed by atoms with Gasteiger partial charge in [0.2, 0.25) is 0 Å². The van der Waals surface area contributed by atoms with Crippen LogP contribution in [0.4, 0.5) is 22.0 Å². The molecule has 0 aromatic heterocycles. The Morgan fingerprint density at radius 1 is 1.00 bits per heavy atom. The van der Waals surface area contributed by atoms with E-state index in [0.29, 0.717) is 0 Å². The maximum atomic E-state index is 12.9. The van der Waals surface area contributed by atoms with E-state index < -0.39 is 23.6 Å². The molecule has 0 heterocycles. The number of rotatable bonds is 2. The smallest absolute Gasteiger partial charge is 0.257 e. The molecule has 0 saturated carbocycles. The molecule has 1 nitrogen and oxygen atoms in total. The van der Waals surface area contributed by atoms with Crippen molar-refractivity contribution in [3.8, 4) is 0 Å². The van der Waals surface area contributed by atoms with Gasteiger partial charge in [0.15, 0.2) is 0 Å². The number of nitrogens with one attached hydrogen (secondary N) is 1. The van der Waals surface area contributed by atoms with Crippen molar-refractivity contribution in [2.75, 3.05) is 0 Å². The number of hydrogen-bond acceptors (Lipinski definition) is 2. The van der Waals surface area contributed by atoms with Gasteiger partial charge in [-0.1, -0.05) is 33.6 Å². The van der Waals surface area contributed by atoms with E-state index >= 15 is 0 Å². The van der Waals surface area contributed by atoms with Crippen LogP contribution in [0.5, 0.6) is 0 Å². The number of halogens is 5. The Morgan fingerprint density at radius 2 is 1.36 bits per heavy atom. The second-order valence-corrected chi connectivity index (χ2v) is 4.31. The molecule has 0 aliphatic heterocycles. The first-order valence-electron chi connectivity index (χ1n) is 3.78. The van der Waals surface area contributed by atoms with Crippen LogP contribution in [0.15, 0.2) is 0 Å². The molecule has 0 rings (SSSR count). The molecule has 86 valence electrons. The molecule has 1 unspecified atom stereocenters. The Hall–Kier alpha value is -0.0400. The van der Waals surface area contributed by atoms with Crippen LogP contribution in [0.3, 0.4) is 0 Å². The van der Waals surface area contributed by atoms with Crippen LogP contribution in [0, 0.1) is 5.41 Å². The highest BCUT2D eigenvalue weighted by molar-refractivity contribution is 7.78. The molecular formula is C7H12F5NS. The van der Waals surface area contributed by atoms with Crippen LogP contribution in [0.2, 0.25) is 0 Å². The Bertz CT molecular complexity index is 195. The van der Waals surface area contributed by atoms with Gasteiger partial charge >= 0.3 is 12.1 Å². The zero-order chi connectivity index (χ0) is 11.8. The minimum atomic E-state index is -5.57. The van der Waals surface area contributed by atoms with Gasteiger partial charge in [0, 0.05) is 0 Å². The summed E-state index contributed by atoms with van der Waals surface area (Å²) >= 11 is 3.30. The zero-order valence-electron chi connectivity index (χ0n) is 7.91. The maximum absolute atomic E-state index is 12.9. The van der Waals surface area contributed by atoms with Crippen molar-refractivity contribution in [2.24, 2.45) is 5.41 Å². The van der Waals surface area contributed by atoms with Gasteiger partial charge in [0.25, 0.3) is 0 Å². The van der Waals surface area contributed by atoms with Gasteiger partial charge in [-0.3, -0.25) is 4.72 Å². The molecule has 0 aliphatic carbocycles. The third-order valence-corrected chi connectivity index (χ3v) is 1.99. The first-order valence-corrected chi connectivity index (χ1v) is 4.23. The Balaban J connectivity index is 5.04. The third-order valence-electron chi connectivity index (χ3n) is 1.74. The standard InChI is InChI=1S/C7H12F5NS/c1-5(2,3)4(13-14)6(8,9)7(10,11)12/h4,13-14H,1-3H3. The molecule has 0 aromatic carbocycles. The number of hydrogen-bond donors (Lipinski definition) is 2. The fourth-order valence-electron chi connectivity index (χ4n) is 0.982. The first kappa shape index (κ1) is 14.0. The Morgan fingerprint density at radius 3 is 1.43 bits per heavy atom. The SMILES string of the molecule is CC(C)(C)C(NS)C(F)(F)C(F)(F)F. The fourth-order valence-corrected chi connectivity index (χ4v) is 1.53. The van der Waals surface area contributed by atoms with Crippen LogP contribution >= 0.6 is 12.8 Å². The summed E-state index contributed by atoms with van der Waals surface area (Å²) in [5.74, 6) is -4.80. The average molecular weight is 237 g/mol. The summed E-state index contributed by atoms with van der Waals surface area (Å²) in [6.45, 7) is 3.83. The lowest BCUT2D eigenvalue weighted by Gasteiger charge is -2.36. The van der Waals surface area contributed by atoms with Crippen LogP contribution < -0.4 is 4.72 Å². The minimum Gasteiger partial charge on any atom is -0.257 e. The largest absolute Gasteiger partial charge is 0.455 e. The molecule has 1 N–H and O–H groups in total. The highest BCUT2D eigenvalue weighted by Crippen LogP contribution is 2.43. The summed E-state index contributed by atoms with van der Waals surface area (Å²) in [6, 6.07) is -2.07. The van der Waals surface area contributed by atoms with Gasteiger partial charge in [-0.25, -0.2) is 0 Å². The second-order valence-electron chi connectivity index (χ2n) is 4.05. The fraction of sp³-hybridized carbons (Fsp3) is 1.00. The van der Waals surface area contributed by atoms with E-state index in [2.05, 4.69) is 12.8 Å². The van der Waals surface area contributed by atoms with Gasteiger partial charge in [0.05, 0.1) is 6.04 Å². The second kappa shape index (κ2) is 3.84. The minimum absolute atomic E-state index is 1.25. The Kier molecular flexibility index (Phi) is 3.83. The van der Waals surface area contributed by atoms with E-state index in [1.54, 1.807) is 4.72 Å². The lowest BCUT2D eigenvalue weighted by molar-refractivity contribution is -0.299. The molecule has 0 saturated heterocycles. The first-order chi connectivity index (χ1) is 5.94. The molecule has 0 bridgehead atoms. The molecule has 1 atom stereocenters. The summed E-state index contributed by atoms with van der Waals surface area (Å²) in [7, 11) is 0. The number of thiol groups is 1. The van der Waals surface area contributed by atoms with E-state index in [1.807, 2.05) is 0 Å². The number of alkyl halides is 5. The van der Waals surface area contributed by atoms with E-state index in [1.165, 1.54) is 20.8 Å². The molecule has 0 radical (unpaired) electrons. The van der Waals surface area contributed by atoms with E-state index in [-0.39, 0.29) is 0 Å². The third kappa shape index (κ3) is 2.73. The summed E-state index contributed by atoms with van der Waals surface area (Å²) in [6.07, 6.45) is -5.57. The van der Waals surface area contributed by atoms with Crippen molar-refractivity contribution < 1.29 is 22.0 Å². The summed E-state index contributed by atoms with van der Waals surface area (Å²) in [5, 5.41) is 0. The molecule has 0 aliphatic rings. The molecule has 0 amide bonds. The highest BCUT2D eigenvalue weighted by Gasteiger charge is 2.64. The van der Waals surface area contributed by atoms with E-state index in [9.17, 15) is 22.0 Å². The van der Waals surface area contributed by atoms with Crippen molar-refractivity contribution in [1.82, 2.24) is 4.72 Å². The lowest BCUT2D eigenvalue weighted by Crippen LogP contribution is -2.57. The van der Waals surface area contributed by atoms with Crippen molar-refractivity contribution in [3.63, 3.8) is 0 Å². The quantitative estimate of drug-likeness (QED) is 0.555. The summed E-state index contributed by atoms with van der Waals surface area (Å²) in [5.41, 5.74) is -1.25. The molecule has 14 heavy (non-hydrogen) atoms. The van der Waals surface area contributed by atoms with Crippen molar-refractivity contribution in [2.45, 2.75) is 38.9 Å². The van der Waals surface area contributed by atoms with Crippen LogP contribution in [-0.4, -0.2) is 18.1 Å². The van der Waals surface area contributed by atoms with E-state index in [4.69, 9.17) is 0 Å². The summed E-state index contributed by atoms with van der Waals surface area (Å²) < 4.78 is 63.4. The zero-order valence-corrected chi connectivity index (χ0v) is 8.81. The van der Waals surface area contributed by atoms with Crippen molar-refractivity contribution >= 4 is 12.8 Å². The molecular weight excluding hydrogens is 225 g/mol. The van der Waals surface area contributed by atoms with Crippen molar-refractivity contribution in [1.29, 1.82) is 0 Å². The molecule has 0 spiro atoms. The van der Waals surface area contributed by atoms with Crippen LogP contribution in [0.1, 0.15) is 20.8 Å². The molecule has 0 fully saturated rings. The topological polar surface area (TPSA) is 12.0 Å². The maximum Gasteiger partial charge on any atom is 0.455 e. The monoisotopic (exact) mass is 237 g/mol. The average Bonchev–Trinajstić information content (AvgIpc) is 1.80. The van der Waals surface area contributed by atoms with Gasteiger partial charge in [-0.15, -0.1) is 0 Å². The van der Waals surface area contributed by atoms with Gasteiger partial charge < -0.3 is 0 Å². The Labute approximate surface area is 84.6 Å². The predicted molar refractivity (Wildman–Crippen MR) is 46.4 cm³/mol. The van der Waals surface area contributed by atoms with Crippen LogP contribution in [0.25, 0.3) is 0 Å². The van der Waals surface area contributed by atoms with Gasteiger partial charge in [0.1, 0.15) is 0 Å². The van der Waals surface area contributed by atoms with Gasteiger partial charge in [-0.2, -0.15) is 22.0 Å².